The molecule has 5 heteroatoms. The highest BCUT2D eigenvalue weighted by molar-refractivity contribution is 7.85. The molecule has 0 rings (SSSR count). The Balaban J connectivity index is 3.92. The Kier molecular flexibility index (Phi) is 4.16. The molecule has 0 saturated carbocycles. The average Bonchev–Trinajstić information content (AvgIpc) is 1.83. The number of quaternary nitrogens is 1. The van der Waals surface area contributed by atoms with Crippen molar-refractivity contribution in [3.63, 3.8) is 0 Å². The van der Waals surface area contributed by atoms with Gasteiger partial charge in [-0.1, -0.05) is 6.92 Å². The minimum Gasteiger partial charge on any atom is -0.748 e. The van der Waals surface area contributed by atoms with Crippen LogP contribution in [-0.4, -0.2) is 50.4 Å². The van der Waals surface area contributed by atoms with Gasteiger partial charge in [-0.05, 0) is 6.42 Å². The van der Waals surface area contributed by atoms with Crippen molar-refractivity contribution in [2.75, 3.05) is 32.9 Å². The summed E-state index contributed by atoms with van der Waals surface area (Å²) in [4.78, 5) is 0. The third kappa shape index (κ3) is 6.57. The molecule has 0 aromatic carbocycles. The minimum absolute atomic E-state index is 0.264. The van der Waals surface area contributed by atoms with Crippen LogP contribution in [0, 0.1) is 0 Å². The maximum Gasteiger partial charge on any atom is 0.100 e. The van der Waals surface area contributed by atoms with Crippen molar-refractivity contribution >= 4 is 10.1 Å². The number of hydrogen-bond donors (Lipinski definition) is 0. The average molecular weight is 195 g/mol. The predicted molar refractivity (Wildman–Crippen MR) is 46.7 cm³/mol. The third-order valence-corrected chi connectivity index (χ3v) is 2.46. The molecule has 0 aromatic rings. The summed E-state index contributed by atoms with van der Waals surface area (Å²) in [6.45, 7) is 3.33. The van der Waals surface area contributed by atoms with Crippen LogP contribution in [0.1, 0.15) is 13.3 Å². The van der Waals surface area contributed by atoms with Gasteiger partial charge in [0.25, 0.3) is 0 Å². The van der Waals surface area contributed by atoms with Crippen molar-refractivity contribution in [1.29, 1.82) is 0 Å². The van der Waals surface area contributed by atoms with Gasteiger partial charge in [-0.3, -0.25) is 0 Å². The molecule has 0 fully saturated rings. The van der Waals surface area contributed by atoms with Crippen LogP contribution in [0.3, 0.4) is 0 Å². The Hall–Kier alpha value is -0.130. The molecule has 0 unspecified atom stereocenters. The molecule has 0 radical (unpaired) electrons. The van der Waals surface area contributed by atoms with E-state index in [0.29, 0.717) is 11.0 Å². The van der Waals surface area contributed by atoms with Gasteiger partial charge in [-0.2, -0.15) is 0 Å². The topological polar surface area (TPSA) is 57.2 Å². The van der Waals surface area contributed by atoms with Crippen molar-refractivity contribution in [2.45, 2.75) is 13.3 Å². The molecule has 0 heterocycles. The molecule has 74 valence electrons. The maximum absolute atomic E-state index is 10.3. The molecule has 0 saturated heterocycles. The molecular weight excluding hydrogens is 178 g/mol. The summed E-state index contributed by atoms with van der Waals surface area (Å²) in [5.74, 6) is -0.264. The Labute approximate surface area is 74.5 Å². The second-order valence-electron chi connectivity index (χ2n) is 3.64. The Morgan fingerprint density at radius 2 is 1.75 bits per heavy atom. The molecule has 0 bridgehead atoms. The summed E-state index contributed by atoms with van der Waals surface area (Å²) in [7, 11) is -0.191. The van der Waals surface area contributed by atoms with E-state index in [9.17, 15) is 13.0 Å². The van der Waals surface area contributed by atoms with Gasteiger partial charge in [0, 0.05) is 0 Å². The molecule has 0 aromatic heterocycles. The Bertz CT molecular complexity index is 221. The quantitative estimate of drug-likeness (QED) is 0.459. The van der Waals surface area contributed by atoms with E-state index in [1.807, 2.05) is 21.0 Å². The van der Waals surface area contributed by atoms with Crippen LogP contribution >= 0.6 is 0 Å². The maximum atomic E-state index is 10.3. The number of hydrogen-bond acceptors (Lipinski definition) is 3. The fourth-order valence-corrected chi connectivity index (χ4v) is 1.79. The molecule has 0 atom stereocenters. The van der Waals surface area contributed by atoms with Crippen molar-refractivity contribution in [3.05, 3.63) is 0 Å². The van der Waals surface area contributed by atoms with Crippen LogP contribution in [0.5, 0.6) is 0 Å². The van der Waals surface area contributed by atoms with E-state index in [4.69, 9.17) is 0 Å². The van der Waals surface area contributed by atoms with E-state index < -0.39 is 10.1 Å². The first-order valence-electron chi connectivity index (χ1n) is 4.02. The van der Waals surface area contributed by atoms with E-state index in [2.05, 4.69) is 0 Å². The first kappa shape index (κ1) is 11.9. The van der Waals surface area contributed by atoms with Crippen molar-refractivity contribution < 1.29 is 17.5 Å². The molecule has 0 amide bonds. The molecule has 0 N–H and O–H groups in total. The summed E-state index contributed by atoms with van der Waals surface area (Å²) in [5.41, 5.74) is 0. The zero-order valence-corrected chi connectivity index (χ0v) is 8.73. The van der Waals surface area contributed by atoms with Gasteiger partial charge in [-0.15, -0.1) is 0 Å². The normalized spacial score (nSPS) is 13.3. The fourth-order valence-electron chi connectivity index (χ4n) is 1.08. The van der Waals surface area contributed by atoms with Crippen LogP contribution in [0.15, 0.2) is 0 Å². The van der Waals surface area contributed by atoms with Gasteiger partial charge in [0.2, 0.25) is 0 Å². The molecule has 12 heavy (non-hydrogen) atoms. The highest BCUT2D eigenvalue weighted by atomic mass is 32.2. The van der Waals surface area contributed by atoms with Gasteiger partial charge >= 0.3 is 0 Å². The largest absolute Gasteiger partial charge is 0.748 e. The van der Waals surface area contributed by atoms with Crippen LogP contribution < -0.4 is 0 Å². The predicted octanol–water partition coefficient (Wildman–Crippen LogP) is 0.0180. The monoisotopic (exact) mass is 195 g/mol. The third-order valence-electron chi connectivity index (χ3n) is 1.78. The van der Waals surface area contributed by atoms with Crippen molar-refractivity contribution in [1.82, 2.24) is 0 Å². The fraction of sp³-hybridized carbons (Fsp3) is 1.00. The van der Waals surface area contributed by atoms with Crippen LogP contribution in [0.2, 0.25) is 0 Å². The second-order valence-corrected chi connectivity index (χ2v) is 5.17. The molecule has 0 spiro atoms. The highest BCUT2D eigenvalue weighted by Crippen LogP contribution is 1.99. The molecule has 4 nitrogen and oxygen atoms in total. The molecule has 0 aliphatic carbocycles. The Morgan fingerprint density at radius 1 is 1.25 bits per heavy atom. The summed E-state index contributed by atoms with van der Waals surface area (Å²) in [5, 5.41) is 0. The summed E-state index contributed by atoms with van der Waals surface area (Å²) >= 11 is 0. The standard InChI is InChI=1S/C7H17NO3S/c1-4-5-8(2,3)6-7-12(9,10)11/h4-7H2,1-3H3. The SMILES string of the molecule is CCC[N+](C)(C)CCS(=O)(=O)[O-]. The van der Waals surface area contributed by atoms with E-state index in [-0.39, 0.29) is 5.75 Å². The summed E-state index contributed by atoms with van der Waals surface area (Å²) in [6.07, 6.45) is 0.992. The zero-order chi connectivity index (χ0) is 9.83. The first-order chi connectivity index (χ1) is 5.27. The summed E-state index contributed by atoms with van der Waals surface area (Å²) < 4.78 is 31.5. The van der Waals surface area contributed by atoms with E-state index in [1.54, 1.807) is 0 Å². The number of nitrogens with zero attached hydrogens (tertiary/aromatic N) is 1. The lowest BCUT2D eigenvalue weighted by molar-refractivity contribution is -0.887. The van der Waals surface area contributed by atoms with E-state index in [0.717, 1.165) is 13.0 Å². The minimum atomic E-state index is -4.04. The van der Waals surface area contributed by atoms with Gasteiger partial charge in [-0.25, -0.2) is 8.42 Å². The van der Waals surface area contributed by atoms with E-state index >= 15 is 0 Å². The van der Waals surface area contributed by atoms with Gasteiger partial charge < -0.3 is 9.04 Å². The second kappa shape index (κ2) is 4.20. The van der Waals surface area contributed by atoms with Crippen LogP contribution in [-0.2, 0) is 10.1 Å². The van der Waals surface area contributed by atoms with Crippen LogP contribution in [0.4, 0.5) is 0 Å². The summed E-state index contributed by atoms with van der Waals surface area (Å²) in [6, 6.07) is 0. The molecule has 0 aliphatic rings. The number of rotatable bonds is 5. The van der Waals surface area contributed by atoms with Crippen molar-refractivity contribution in [2.24, 2.45) is 0 Å². The van der Waals surface area contributed by atoms with Gasteiger partial charge in [0.15, 0.2) is 0 Å². The smallest absolute Gasteiger partial charge is 0.100 e. The molecular formula is C7H17NO3S. The lowest BCUT2D eigenvalue weighted by Gasteiger charge is -2.29. The molecule has 0 aliphatic heterocycles. The van der Waals surface area contributed by atoms with Gasteiger partial charge in [0.1, 0.15) is 10.1 Å². The lowest BCUT2D eigenvalue weighted by Crippen LogP contribution is -2.43. The van der Waals surface area contributed by atoms with Crippen LogP contribution in [0.25, 0.3) is 0 Å². The Morgan fingerprint density at radius 3 is 2.08 bits per heavy atom. The highest BCUT2D eigenvalue weighted by Gasteiger charge is 2.14. The van der Waals surface area contributed by atoms with Gasteiger partial charge in [0.05, 0.1) is 32.9 Å². The zero-order valence-electron chi connectivity index (χ0n) is 7.91. The van der Waals surface area contributed by atoms with Crippen molar-refractivity contribution in [3.8, 4) is 0 Å². The lowest BCUT2D eigenvalue weighted by atomic mass is 10.4. The van der Waals surface area contributed by atoms with E-state index in [1.165, 1.54) is 0 Å². The first-order valence-corrected chi connectivity index (χ1v) is 5.60.